The number of ether oxygens (including phenoxy) is 1. The molecular formula is C19H40O. The average molecular weight is 285 g/mol. The molecule has 0 heterocycles. The highest BCUT2D eigenvalue weighted by molar-refractivity contribution is 5.20. The van der Waals surface area contributed by atoms with E-state index in [1.165, 1.54) is 38.5 Å². The van der Waals surface area contributed by atoms with E-state index in [2.05, 4.69) is 19.1 Å². The van der Waals surface area contributed by atoms with Gasteiger partial charge in [-0.15, -0.1) is 0 Å². The number of allylic oxidation sites excluding steroid dienone is 4. The maximum absolute atomic E-state index is 5.20. The van der Waals surface area contributed by atoms with E-state index >= 15 is 0 Å². The lowest BCUT2D eigenvalue weighted by Crippen LogP contribution is -1.95. The van der Waals surface area contributed by atoms with Crippen LogP contribution >= 0.6 is 0 Å². The summed E-state index contributed by atoms with van der Waals surface area (Å²) in [6.07, 6.45) is 13.4. The molecule has 0 radical (unpaired) electrons. The quantitative estimate of drug-likeness (QED) is 0.465. The van der Waals surface area contributed by atoms with Gasteiger partial charge >= 0.3 is 0 Å². The number of hydrogen-bond acceptors (Lipinski definition) is 1. The van der Waals surface area contributed by atoms with Gasteiger partial charge in [-0.05, 0) is 25.3 Å². The summed E-state index contributed by atoms with van der Waals surface area (Å²) in [5, 5.41) is 0. The first-order chi connectivity index (χ1) is 9.86. The van der Waals surface area contributed by atoms with Crippen LogP contribution in [0.25, 0.3) is 0 Å². The lowest BCUT2D eigenvalue weighted by Gasteiger charge is -2.13. The van der Waals surface area contributed by atoms with Gasteiger partial charge in [0.25, 0.3) is 0 Å². The number of hydrogen-bond donors (Lipinski definition) is 0. The maximum Gasteiger partial charge on any atom is 0.0958 e. The molecule has 0 amide bonds. The Bertz CT molecular complexity index is 214. The Morgan fingerprint density at radius 2 is 1.45 bits per heavy atom. The van der Waals surface area contributed by atoms with Crippen LogP contribution in [0.4, 0.5) is 0 Å². The normalized spacial score (nSPS) is 12.2. The van der Waals surface area contributed by atoms with Gasteiger partial charge in [0, 0.05) is 6.42 Å². The summed E-state index contributed by atoms with van der Waals surface area (Å²) in [5.41, 5.74) is 1.60. The van der Waals surface area contributed by atoms with Crippen LogP contribution in [0.3, 0.4) is 0 Å². The molecule has 0 spiro atoms. The van der Waals surface area contributed by atoms with Crippen LogP contribution in [-0.2, 0) is 4.74 Å². The summed E-state index contributed by atoms with van der Waals surface area (Å²) in [6, 6.07) is 0. The van der Waals surface area contributed by atoms with Crippen molar-refractivity contribution in [2.45, 2.75) is 93.4 Å². The molecule has 1 heteroatoms. The van der Waals surface area contributed by atoms with E-state index in [4.69, 9.17) is 4.74 Å². The molecular weight excluding hydrogens is 244 g/mol. The Morgan fingerprint density at radius 3 is 1.85 bits per heavy atom. The molecule has 122 valence electrons. The molecule has 0 unspecified atom stereocenters. The lowest BCUT2D eigenvalue weighted by molar-refractivity contribution is 0.275. The van der Waals surface area contributed by atoms with Gasteiger partial charge in [0.1, 0.15) is 0 Å². The van der Waals surface area contributed by atoms with Gasteiger partial charge in [-0.1, -0.05) is 79.4 Å². The van der Waals surface area contributed by atoms with Crippen molar-refractivity contribution < 1.29 is 4.74 Å². The summed E-state index contributed by atoms with van der Waals surface area (Å²) in [5.74, 6) is 1.13. The fraction of sp³-hybridized carbons (Fsp3) is 0.789. The molecule has 0 N–H and O–H groups in total. The zero-order valence-corrected chi connectivity index (χ0v) is 15.5. The second-order valence-corrected chi connectivity index (χ2v) is 3.97. The molecule has 1 nitrogen and oxygen atoms in total. The third-order valence-electron chi connectivity index (χ3n) is 2.81. The van der Waals surface area contributed by atoms with Crippen molar-refractivity contribution >= 4 is 0 Å². The Kier molecular flexibility index (Phi) is 28.4. The molecule has 0 aromatic heterocycles. The summed E-state index contributed by atoms with van der Waals surface area (Å²) >= 11 is 0. The molecule has 0 aromatic carbocycles. The van der Waals surface area contributed by atoms with Crippen molar-refractivity contribution in [2.24, 2.45) is 0 Å². The Morgan fingerprint density at radius 1 is 0.850 bits per heavy atom. The van der Waals surface area contributed by atoms with Crippen LogP contribution in [0.1, 0.15) is 93.4 Å². The zero-order valence-electron chi connectivity index (χ0n) is 15.5. The van der Waals surface area contributed by atoms with Crippen LogP contribution in [-0.4, -0.2) is 7.11 Å². The first-order valence-electron chi connectivity index (χ1n) is 8.79. The van der Waals surface area contributed by atoms with E-state index in [9.17, 15) is 0 Å². The standard InChI is InChI=1S/C13H22O.3C2H6/c1-3-4-5-6-7-12-8-10-13(14-2)11-9-12;3*1-2/h8,10H,3-7,9,11H2,1-2H3;3*1-2H3. The van der Waals surface area contributed by atoms with Crippen LogP contribution in [0, 0.1) is 0 Å². The summed E-state index contributed by atoms with van der Waals surface area (Å²) in [7, 11) is 1.76. The van der Waals surface area contributed by atoms with Gasteiger partial charge in [0.2, 0.25) is 0 Å². The van der Waals surface area contributed by atoms with E-state index < -0.39 is 0 Å². The van der Waals surface area contributed by atoms with Gasteiger partial charge in [-0.3, -0.25) is 0 Å². The van der Waals surface area contributed by atoms with Crippen molar-refractivity contribution in [3.63, 3.8) is 0 Å². The first-order valence-corrected chi connectivity index (χ1v) is 8.79. The van der Waals surface area contributed by atoms with Crippen molar-refractivity contribution in [1.82, 2.24) is 0 Å². The average Bonchev–Trinajstić information content (AvgIpc) is 2.58. The number of methoxy groups -OCH3 is 1. The van der Waals surface area contributed by atoms with Crippen molar-refractivity contribution in [3.8, 4) is 0 Å². The Labute approximate surface area is 129 Å². The predicted octanol–water partition coefficient (Wildman–Crippen LogP) is 7.29. The monoisotopic (exact) mass is 284 g/mol. The van der Waals surface area contributed by atoms with Crippen LogP contribution in [0.2, 0.25) is 0 Å². The largest absolute Gasteiger partial charge is 0.501 e. The Balaban J connectivity index is -0.000000425. The third-order valence-corrected chi connectivity index (χ3v) is 2.81. The van der Waals surface area contributed by atoms with E-state index in [-0.39, 0.29) is 0 Å². The predicted molar refractivity (Wildman–Crippen MR) is 95.2 cm³/mol. The second kappa shape index (κ2) is 23.4. The molecule has 1 aliphatic carbocycles. The van der Waals surface area contributed by atoms with E-state index in [0.717, 1.165) is 12.2 Å². The lowest BCUT2D eigenvalue weighted by atomic mass is 9.98. The second-order valence-electron chi connectivity index (χ2n) is 3.97. The minimum atomic E-state index is 1.09. The smallest absolute Gasteiger partial charge is 0.0958 e. The molecule has 20 heavy (non-hydrogen) atoms. The van der Waals surface area contributed by atoms with Crippen molar-refractivity contribution in [2.75, 3.05) is 7.11 Å². The highest BCUT2D eigenvalue weighted by Crippen LogP contribution is 2.22. The van der Waals surface area contributed by atoms with Gasteiger partial charge in [-0.25, -0.2) is 0 Å². The molecule has 0 atom stereocenters. The molecule has 0 aliphatic heterocycles. The fourth-order valence-corrected chi connectivity index (χ4v) is 1.82. The molecule has 0 fully saturated rings. The van der Waals surface area contributed by atoms with Gasteiger partial charge < -0.3 is 4.74 Å². The minimum Gasteiger partial charge on any atom is -0.501 e. The third kappa shape index (κ3) is 15.3. The minimum absolute atomic E-state index is 1.09. The van der Waals surface area contributed by atoms with Crippen molar-refractivity contribution in [3.05, 3.63) is 23.5 Å². The van der Waals surface area contributed by atoms with Crippen LogP contribution in [0.5, 0.6) is 0 Å². The highest BCUT2D eigenvalue weighted by atomic mass is 16.5. The summed E-state index contributed by atoms with van der Waals surface area (Å²) in [4.78, 5) is 0. The Hall–Kier alpha value is -0.720. The number of rotatable bonds is 6. The van der Waals surface area contributed by atoms with Gasteiger partial charge in [-0.2, -0.15) is 0 Å². The summed E-state index contributed by atoms with van der Waals surface area (Å²) in [6.45, 7) is 14.3. The molecule has 1 aliphatic rings. The van der Waals surface area contributed by atoms with Gasteiger partial charge in [0.15, 0.2) is 0 Å². The van der Waals surface area contributed by atoms with Crippen LogP contribution < -0.4 is 0 Å². The fourth-order valence-electron chi connectivity index (χ4n) is 1.82. The highest BCUT2D eigenvalue weighted by Gasteiger charge is 2.05. The van der Waals surface area contributed by atoms with E-state index in [1.54, 1.807) is 12.7 Å². The van der Waals surface area contributed by atoms with E-state index in [0.29, 0.717) is 0 Å². The van der Waals surface area contributed by atoms with E-state index in [1.807, 2.05) is 41.5 Å². The molecule has 0 aromatic rings. The maximum atomic E-state index is 5.20. The topological polar surface area (TPSA) is 9.23 Å². The molecule has 0 bridgehead atoms. The SMILES string of the molecule is CC.CC.CC.CCCCCCC1=CC=C(OC)CC1. The summed E-state index contributed by atoms with van der Waals surface area (Å²) < 4.78 is 5.20. The first kappa shape index (κ1) is 24.3. The van der Waals surface area contributed by atoms with Gasteiger partial charge in [0.05, 0.1) is 12.9 Å². The zero-order chi connectivity index (χ0) is 16.2. The van der Waals surface area contributed by atoms with Crippen LogP contribution in [0.15, 0.2) is 23.5 Å². The van der Waals surface area contributed by atoms with Crippen molar-refractivity contribution in [1.29, 1.82) is 0 Å². The number of unbranched alkanes of at least 4 members (excludes halogenated alkanes) is 3. The molecule has 0 saturated heterocycles. The molecule has 1 rings (SSSR count). The molecule has 0 saturated carbocycles.